The molecule has 0 radical (unpaired) electrons. The Hall–Kier alpha value is -3.72. The SMILES string of the molecule is COc1cc(-n2cnnn2)c(Cl)cc1C(=O)N(C)CCCCCc1cc(-c2ccccc2)n[nH]1. The summed E-state index contributed by atoms with van der Waals surface area (Å²) in [5, 5.41) is 19.0. The fourth-order valence-electron chi connectivity index (χ4n) is 3.72. The van der Waals surface area contributed by atoms with Gasteiger partial charge in [0.2, 0.25) is 0 Å². The van der Waals surface area contributed by atoms with Crippen LogP contribution in [0.3, 0.4) is 0 Å². The van der Waals surface area contributed by atoms with Crippen molar-refractivity contribution in [1.82, 2.24) is 35.3 Å². The van der Waals surface area contributed by atoms with Crippen molar-refractivity contribution in [3.05, 3.63) is 71.1 Å². The summed E-state index contributed by atoms with van der Waals surface area (Å²) in [6.45, 7) is 0.632. The van der Waals surface area contributed by atoms with Gasteiger partial charge in [0.25, 0.3) is 5.91 Å². The van der Waals surface area contributed by atoms with Crippen LogP contribution in [0.15, 0.2) is 54.9 Å². The smallest absolute Gasteiger partial charge is 0.257 e. The fraction of sp³-hybridized carbons (Fsp3) is 0.292. The average Bonchev–Trinajstić information content (AvgIpc) is 3.56. The number of halogens is 1. The van der Waals surface area contributed by atoms with Crippen LogP contribution in [0.1, 0.15) is 35.3 Å². The molecule has 0 fully saturated rings. The molecule has 2 aromatic carbocycles. The van der Waals surface area contributed by atoms with Crippen molar-refractivity contribution in [1.29, 1.82) is 0 Å². The minimum Gasteiger partial charge on any atom is -0.496 e. The zero-order valence-electron chi connectivity index (χ0n) is 19.1. The Labute approximate surface area is 202 Å². The predicted molar refractivity (Wildman–Crippen MR) is 129 cm³/mol. The molecule has 1 N–H and O–H groups in total. The molecule has 0 atom stereocenters. The highest BCUT2D eigenvalue weighted by molar-refractivity contribution is 6.33. The third-order valence-corrected chi connectivity index (χ3v) is 5.88. The van der Waals surface area contributed by atoms with Gasteiger partial charge in [-0.1, -0.05) is 48.4 Å². The van der Waals surface area contributed by atoms with Crippen molar-refractivity contribution in [3.63, 3.8) is 0 Å². The number of tetrazole rings is 1. The maximum atomic E-state index is 13.0. The molecule has 176 valence electrons. The van der Waals surface area contributed by atoms with Gasteiger partial charge in [-0.15, -0.1) is 5.10 Å². The van der Waals surface area contributed by atoms with Gasteiger partial charge in [-0.25, -0.2) is 0 Å². The summed E-state index contributed by atoms with van der Waals surface area (Å²) in [6, 6.07) is 15.5. The lowest BCUT2D eigenvalue weighted by atomic mass is 10.1. The van der Waals surface area contributed by atoms with E-state index in [0.29, 0.717) is 28.6 Å². The molecule has 2 heterocycles. The number of aryl methyl sites for hydroxylation is 1. The van der Waals surface area contributed by atoms with E-state index in [-0.39, 0.29) is 5.91 Å². The number of aromatic nitrogens is 6. The summed E-state index contributed by atoms with van der Waals surface area (Å²) in [5.74, 6) is 0.267. The van der Waals surface area contributed by atoms with Crippen molar-refractivity contribution in [2.24, 2.45) is 0 Å². The molecule has 0 saturated heterocycles. The number of ether oxygens (including phenoxy) is 1. The summed E-state index contributed by atoms with van der Waals surface area (Å²) in [7, 11) is 3.30. The largest absolute Gasteiger partial charge is 0.496 e. The maximum Gasteiger partial charge on any atom is 0.257 e. The molecule has 34 heavy (non-hydrogen) atoms. The first-order chi connectivity index (χ1) is 16.6. The van der Waals surface area contributed by atoms with Gasteiger partial charge in [-0.2, -0.15) is 9.78 Å². The Balaban J connectivity index is 1.28. The Morgan fingerprint density at radius 1 is 1.15 bits per heavy atom. The molecule has 0 aliphatic carbocycles. The van der Waals surface area contributed by atoms with E-state index in [1.54, 1.807) is 24.1 Å². The van der Waals surface area contributed by atoms with Crippen LogP contribution in [0.5, 0.6) is 5.75 Å². The molecule has 4 aromatic rings. The van der Waals surface area contributed by atoms with E-state index in [9.17, 15) is 4.79 Å². The lowest BCUT2D eigenvalue weighted by Gasteiger charge is -2.19. The number of hydrogen-bond acceptors (Lipinski definition) is 6. The van der Waals surface area contributed by atoms with Crippen LogP contribution >= 0.6 is 11.6 Å². The summed E-state index contributed by atoms with van der Waals surface area (Å²) >= 11 is 6.39. The van der Waals surface area contributed by atoms with Crippen LogP contribution in [0.2, 0.25) is 5.02 Å². The highest BCUT2D eigenvalue weighted by Gasteiger charge is 2.20. The number of methoxy groups -OCH3 is 1. The quantitative estimate of drug-likeness (QED) is 0.342. The van der Waals surface area contributed by atoms with Gasteiger partial charge in [0.1, 0.15) is 12.1 Å². The Bertz CT molecular complexity index is 1230. The Kier molecular flexibility index (Phi) is 7.54. The maximum absolute atomic E-state index is 13.0. The molecular formula is C24H26ClN7O2. The van der Waals surface area contributed by atoms with Gasteiger partial charge < -0.3 is 9.64 Å². The molecule has 1 amide bonds. The van der Waals surface area contributed by atoms with Crippen LogP contribution in [-0.2, 0) is 6.42 Å². The molecular weight excluding hydrogens is 454 g/mol. The molecule has 10 heteroatoms. The summed E-state index contributed by atoms with van der Waals surface area (Å²) in [5.41, 5.74) is 4.12. The molecule has 0 bridgehead atoms. The second-order valence-electron chi connectivity index (χ2n) is 7.94. The van der Waals surface area contributed by atoms with Crippen LogP contribution < -0.4 is 4.74 Å². The first-order valence-electron chi connectivity index (χ1n) is 11.0. The zero-order chi connectivity index (χ0) is 23.9. The van der Waals surface area contributed by atoms with Crippen LogP contribution in [-0.4, -0.2) is 61.9 Å². The fourth-order valence-corrected chi connectivity index (χ4v) is 3.97. The number of unbranched alkanes of at least 4 members (excludes halogenated alkanes) is 2. The van der Waals surface area contributed by atoms with Crippen molar-refractivity contribution in [3.8, 4) is 22.7 Å². The predicted octanol–water partition coefficient (Wildman–Crippen LogP) is 4.20. The van der Waals surface area contributed by atoms with E-state index >= 15 is 0 Å². The van der Waals surface area contributed by atoms with E-state index in [0.717, 1.165) is 42.6 Å². The van der Waals surface area contributed by atoms with E-state index in [1.165, 1.54) is 18.1 Å². The number of benzene rings is 2. The number of amides is 1. The molecule has 0 saturated carbocycles. The van der Waals surface area contributed by atoms with Gasteiger partial charge >= 0.3 is 0 Å². The van der Waals surface area contributed by atoms with Crippen molar-refractivity contribution >= 4 is 17.5 Å². The summed E-state index contributed by atoms with van der Waals surface area (Å²) < 4.78 is 6.86. The molecule has 0 spiro atoms. The highest BCUT2D eigenvalue weighted by atomic mass is 35.5. The monoisotopic (exact) mass is 479 g/mol. The van der Waals surface area contributed by atoms with E-state index < -0.39 is 0 Å². The van der Waals surface area contributed by atoms with Crippen LogP contribution in [0, 0.1) is 0 Å². The molecule has 0 unspecified atom stereocenters. The molecule has 2 aromatic heterocycles. The lowest BCUT2D eigenvalue weighted by molar-refractivity contribution is 0.0789. The number of nitrogens with zero attached hydrogens (tertiary/aromatic N) is 6. The van der Waals surface area contributed by atoms with Crippen LogP contribution in [0.4, 0.5) is 0 Å². The third kappa shape index (κ3) is 5.43. The van der Waals surface area contributed by atoms with E-state index in [1.807, 2.05) is 30.3 Å². The first kappa shape index (κ1) is 23.4. The topological polar surface area (TPSA) is 102 Å². The number of carbonyl (C=O) groups excluding carboxylic acids is 1. The summed E-state index contributed by atoms with van der Waals surface area (Å²) in [6.07, 6.45) is 5.24. The second kappa shape index (κ2) is 10.9. The van der Waals surface area contributed by atoms with Gasteiger partial charge in [-0.05, 0) is 41.8 Å². The van der Waals surface area contributed by atoms with Crippen molar-refractivity contribution in [2.45, 2.75) is 25.7 Å². The minimum atomic E-state index is -0.150. The number of hydrogen-bond donors (Lipinski definition) is 1. The number of rotatable bonds is 10. The summed E-state index contributed by atoms with van der Waals surface area (Å²) in [4.78, 5) is 14.7. The second-order valence-corrected chi connectivity index (χ2v) is 8.35. The van der Waals surface area contributed by atoms with Gasteiger partial charge in [0.05, 0.1) is 29.1 Å². The zero-order valence-corrected chi connectivity index (χ0v) is 19.9. The normalized spacial score (nSPS) is 10.9. The number of H-pyrrole nitrogens is 1. The van der Waals surface area contributed by atoms with E-state index in [4.69, 9.17) is 16.3 Å². The first-order valence-corrected chi connectivity index (χ1v) is 11.4. The molecule has 4 rings (SSSR count). The standard InChI is InChI=1S/C24H26ClN7O2/c1-31(12-8-4-7-11-18-13-21(28-27-18)17-9-5-3-6-10-17)24(33)19-14-20(25)22(15-23(19)34-2)32-16-26-29-30-32/h3,5-6,9-10,13-16H,4,7-8,11-12H2,1-2H3,(H,27,28). The van der Waals surface area contributed by atoms with Crippen molar-refractivity contribution in [2.75, 3.05) is 20.7 Å². The average molecular weight is 480 g/mol. The van der Waals surface area contributed by atoms with Gasteiger partial charge in [0, 0.05) is 30.9 Å². The minimum absolute atomic E-state index is 0.150. The number of nitrogens with one attached hydrogen (secondary N) is 1. The van der Waals surface area contributed by atoms with Crippen LogP contribution in [0.25, 0.3) is 16.9 Å². The Morgan fingerprint density at radius 3 is 2.71 bits per heavy atom. The highest BCUT2D eigenvalue weighted by Crippen LogP contribution is 2.30. The Morgan fingerprint density at radius 2 is 1.97 bits per heavy atom. The number of carbonyl (C=O) groups is 1. The van der Waals surface area contributed by atoms with Gasteiger partial charge in [0.15, 0.2) is 0 Å². The van der Waals surface area contributed by atoms with E-state index in [2.05, 4.69) is 31.8 Å². The molecule has 0 aliphatic rings. The van der Waals surface area contributed by atoms with Gasteiger partial charge in [-0.3, -0.25) is 9.89 Å². The van der Waals surface area contributed by atoms with Crippen molar-refractivity contribution < 1.29 is 9.53 Å². The third-order valence-electron chi connectivity index (χ3n) is 5.58. The number of aromatic amines is 1. The molecule has 9 nitrogen and oxygen atoms in total. The lowest BCUT2D eigenvalue weighted by Crippen LogP contribution is -2.28. The molecule has 0 aliphatic heterocycles.